The molecule has 1 unspecified atom stereocenters. The number of hydrogen-bond acceptors (Lipinski definition) is 5. The molecule has 0 saturated heterocycles. The molecule has 190 valence electrons. The summed E-state index contributed by atoms with van der Waals surface area (Å²) >= 11 is 7.76. The molecule has 0 saturated carbocycles. The van der Waals surface area contributed by atoms with Crippen molar-refractivity contribution in [3.8, 4) is 11.3 Å². The Kier molecular flexibility index (Phi) is 7.02. The normalized spacial score (nSPS) is 16.9. The van der Waals surface area contributed by atoms with Crippen LogP contribution in [0.3, 0.4) is 0 Å². The third kappa shape index (κ3) is 4.67. The van der Waals surface area contributed by atoms with E-state index in [9.17, 15) is 31.4 Å². The predicted molar refractivity (Wildman–Crippen MR) is 127 cm³/mol. The van der Waals surface area contributed by atoms with Crippen molar-refractivity contribution in [2.24, 2.45) is 5.10 Å². The number of halogens is 7. The molecular formula is C24H18ClF6N3OS. The SMILES string of the molecule is CSc1ccc(-c2ccc(C3CC(C(O)(C(F)(F)F)C(F)(F)F)=NN3c3ccccc3Cl)cn2)cc1. The molecule has 4 rings (SSSR count). The van der Waals surface area contributed by atoms with Crippen LogP contribution in [-0.4, -0.2) is 40.0 Å². The van der Waals surface area contributed by atoms with Crippen molar-refractivity contribution in [3.05, 3.63) is 77.4 Å². The van der Waals surface area contributed by atoms with E-state index < -0.39 is 36.1 Å². The smallest absolute Gasteiger partial charge is 0.369 e. The summed E-state index contributed by atoms with van der Waals surface area (Å²) in [5, 5.41) is 14.6. The number of hydrogen-bond donors (Lipinski definition) is 1. The standard InChI is InChI=1S/C24H18ClF6N3OS/c1-36-16-9-6-14(7-10-16)18-11-8-15(13-32-18)20-12-21(22(35,23(26,27)28)24(29,30)31)33-34(20)19-5-3-2-4-17(19)25/h2-11,13,20,35H,12H2,1H3. The fourth-order valence-electron chi connectivity index (χ4n) is 3.87. The van der Waals surface area contributed by atoms with Gasteiger partial charge in [0.15, 0.2) is 0 Å². The number of anilines is 1. The molecule has 4 nitrogen and oxygen atoms in total. The van der Waals surface area contributed by atoms with E-state index in [1.807, 2.05) is 30.5 Å². The Bertz CT molecular complexity index is 1250. The average molecular weight is 546 g/mol. The first kappa shape index (κ1) is 26.3. The lowest BCUT2D eigenvalue weighted by molar-refractivity contribution is -0.338. The van der Waals surface area contributed by atoms with Gasteiger partial charge in [-0.1, -0.05) is 41.9 Å². The minimum Gasteiger partial charge on any atom is -0.369 e. The van der Waals surface area contributed by atoms with Crippen LogP contribution in [0.25, 0.3) is 11.3 Å². The van der Waals surface area contributed by atoms with E-state index in [1.165, 1.54) is 24.4 Å². The van der Waals surface area contributed by atoms with Gasteiger partial charge in [0.25, 0.3) is 5.60 Å². The Morgan fingerprint density at radius 1 is 0.944 bits per heavy atom. The maximum Gasteiger partial charge on any atom is 0.431 e. The zero-order valence-electron chi connectivity index (χ0n) is 18.5. The van der Waals surface area contributed by atoms with Crippen molar-refractivity contribution >= 4 is 34.8 Å². The van der Waals surface area contributed by atoms with Crippen molar-refractivity contribution < 1.29 is 31.4 Å². The highest BCUT2D eigenvalue weighted by molar-refractivity contribution is 7.98. The highest BCUT2D eigenvalue weighted by Crippen LogP contribution is 2.49. The van der Waals surface area contributed by atoms with Crippen molar-refractivity contribution in [3.63, 3.8) is 0 Å². The Hall–Kier alpha value is -2.76. The van der Waals surface area contributed by atoms with Crippen LogP contribution in [0, 0.1) is 0 Å². The van der Waals surface area contributed by atoms with E-state index in [4.69, 9.17) is 11.6 Å². The molecule has 0 spiro atoms. The van der Waals surface area contributed by atoms with Gasteiger partial charge in [0, 0.05) is 23.1 Å². The number of benzene rings is 2. The molecule has 2 heterocycles. The quantitative estimate of drug-likeness (QED) is 0.270. The van der Waals surface area contributed by atoms with Crippen molar-refractivity contribution in [1.29, 1.82) is 0 Å². The molecule has 1 N–H and O–H groups in total. The van der Waals surface area contributed by atoms with E-state index >= 15 is 0 Å². The van der Waals surface area contributed by atoms with Crippen LogP contribution in [0.15, 0.2) is 76.9 Å². The molecule has 12 heteroatoms. The van der Waals surface area contributed by atoms with Crippen LogP contribution in [-0.2, 0) is 0 Å². The molecule has 1 aliphatic heterocycles. The maximum atomic E-state index is 13.6. The summed E-state index contributed by atoms with van der Waals surface area (Å²) in [6.07, 6.45) is -9.65. The topological polar surface area (TPSA) is 48.7 Å². The first-order chi connectivity index (χ1) is 16.9. The van der Waals surface area contributed by atoms with E-state index in [2.05, 4.69) is 10.1 Å². The van der Waals surface area contributed by atoms with Gasteiger partial charge < -0.3 is 5.11 Å². The molecule has 2 aromatic carbocycles. The number of thioether (sulfide) groups is 1. The summed E-state index contributed by atoms with van der Waals surface area (Å²) in [6, 6.07) is 15.5. The Labute approximate surface area is 211 Å². The molecule has 3 aromatic rings. The molecule has 0 radical (unpaired) electrons. The summed E-state index contributed by atoms with van der Waals surface area (Å²) < 4.78 is 81.5. The number of pyridine rings is 1. The van der Waals surface area contributed by atoms with Gasteiger partial charge in [0.05, 0.1) is 28.2 Å². The minimum absolute atomic E-state index is 0.0634. The highest BCUT2D eigenvalue weighted by Gasteiger charge is 2.74. The molecule has 0 aliphatic carbocycles. The molecule has 0 bridgehead atoms. The Balaban J connectivity index is 1.76. The number of rotatable bonds is 5. The first-order valence-corrected chi connectivity index (χ1v) is 12.0. The lowest BCUT2D eigenvalue weighted by atomic mass is 9.90. The number of alkyl halides is 6. The summed E-state index contributed by atoms with van der Waals surface area (Å²) in [4.78, 5) is 5.40. The fourth-order valence-corrected chi connectivity index (χ4v) is 4.50. The van der Waals surface area contributed by atoms with Crippen molar-refractivity contribution in [2.75, 3.05) is 11.3 Å². The van der Waals surface area contributed by atoms with Gasteiger partial charge in [-0.3, -0.25) is 9.99 Å². The van der Waals surface area contributed by atoms with Crippen molar-refractivity contribution in [2.45, 2.75) is 35.3 Å². The number of nitrogens with zero attached hydrogens (tertiary/aromatic N) is 3. The Morgan fingerprint density at radius 3 is 2.11 bits per heavy atom. The number of aromatic nitrogens is 1. The monoisotopic (exact) mass is 545 g/mol. The maximum absolute atomic E-state index is 13.6. The number of aliphatic hydroxyl groups is 1. The van der Waals surface area contributed by atoms with Gasteiger partial charge >= 0.3 is 12.4 Å². The minimum atomic E-state index is -6.05. The molecule has 0 fully saturated rings. The van der Waals surface area contributed by atoms with Gasteiger partial charge in [0.2, 0.25) is 0 Å². The molecule has 1 aliphatic rings. The molecule has 36 heavy (non-hydrogen) atoms. The number of hydrazone groups is 1. The summed E-state index contributed by atoms with van der Waals surface area (Å²) in [5.74, 6) is 0. The summed E-state index contributed by atoms with van der Waals surface area (Å²) in [5.41, 5.74) is -4.87. The van der Waals surface area contributed by atoms with Crippen LogP contribution in [0.5, 0.6) is 0 Å². The van der Waals surface area contributed by atoms with Gasteiger partial charge in [-0.2, -0.15) is 31.4 Å². The highest BCUT2D eigenvalue weighted by atomic mass is 35.5. The van der Waals surface area contributed by atoms with Gasteiger partial charge in [0.1, 0.15) is 0 Å². The van der Waals surface area contributed by atoms with Crippen LogP contribution in [0.4, 0.5) is 32.0 Å². The average Bonchev–Trinajstić information content (AvgIpc) is 3.28. The lowest BCUT2D eigenvalue weighted by Gasteiger charge is -2.32. The zero-order chi connectivity index (χ0) is 26.3. The van der Waals surface area contributed by atoms with Crippen molar-refractivity contribution in [1.82, 2.24) is 4.98 Å². The lowest BCUT2D eigenvalue weighted by Crippen LogP contribution is -2.62. The second-order valence-corrected chi connectivity index (χ2v) is 9.26. The van der Waals surface area contributed by atoms with Gasteiger partial charge in [-0.15, -0.1) is 11.8 Å². The van der Waals surface area contributed by atoms with Crippen LogP contribution in [0.1, 0.15) is 18.0 Å². The van der Waals surface area contributed by atoms with E-state index in [0.717, 1.165) is 15.5 Å². The zero-order valence-corrected chi connectivity index (χ0v) is 20.1. The predicted octanol–water partition coefficient (Wildman–Crippen LogP) is 7.29. The molecule has 1 aromatic heterocycles. The summed E-state index contributed by atoms with van der Waals surface area (Å²) in [7, 11) is 0. The first-order valence-electron chi connectivity index (χ1n) is 10.4. The van der Waals surface area contributed by atoms with Gasteiger partial charge in [-0.25, -0.2) is 0 Å². The number of para-hydroxylation sites is 1. The van der Waals surface area contributed by atoms with E-state index in [0.29, 0.717) is 11.3 Å². The summed E-state index contributed by atoms with van der Waals surface area (Å²) in [6.45, 7) is 0. The van der Waals surface area contributed by atoms with Crippen LogP contribution in [0.2, 0.25) is 5.02 Å². The third-order valence-electron chi connectivity index (χ3n) is 5.80. The van der Waals surface area contributed by atoms with E-state index in [1.54, 1.807) is 30.0 Å². The third-order valence-corrected chi connectivity index (χ3v) is 6.87. The van der Waals surface area contributed by atoms with Crippen LogP contribution < -0.4 is 5.01 Å². The van der Waals surface area contributed by atoms with Crippen LogP contribution >= 0.6 is 23.4 Å². The fraction of sp³-hybridized carbons (Fsp3) is 0.250. The second kappa shape index (κ2) is 9.60. The molecular weight excluding hydrogens is 528 g/mol. The van der Waals surface area contributed by atoms with E-state index in [-0.39, 0.29) is 10.7 Å². The largest absolute Gasteiger partial charge is 0.431 e. The molecule has 0 amide bonds. The molecule has 1 atom stereocenters. The van der Waals surface area contributed by atoms with Gasteiger partial charge in [-0.05, 0) is 42.2 Å². The second-order valence-electron chi connectivity index (χ2n) is 7.97. The Morgan fingerprint density at radius 2 is 1.58 bits per heavy atom.